The van der Waals surface area contributed by atoms with Gasteiger partial charge in [0.05, 0.1) is 11.8 Å². The minimum atomic E-state index is -4.62. The zero-order valence-corrected chi connectivity index (χ0v) is 19.0. The summed E-state index contributed by atoms with van der Waals surface area (Å²) in [5.74, 6) is -3.03. The van der Waals surface area contributed by atoms with Gasteiger partial charge in [-0.05, 0) is 24.3 Å². The Morgan fingerprint density at radius 1 is 1.15 bits per heavy atom. The summed E-state index contributed by atoms with van der Waals surface area (Å²) in [7, 11) is -3.31. The normalized spacial score (nSPS) is 12.9. The Balaban J connectivity index is 2.34. The minimum Gasteiger partial charge on any atom is -0.441 e. The molecule has 1 atom stereocenters. The van der Waals surface area contributed by atoms with Crippen LogP contribution in [-0.4, -0.2) is 35.5 Å². The minimum absolute atomic E-state index is 0.310. The van der Waals surface area contributed by atoms with Crippen molar-refractivity contribution < 1.29 is 31.1 Å². The van der Waals surface area contributed by atoms with Crippen LogP contribution in [0.3, 0.4) is 0 Å². The molecule has 1 N–H and O–H groups in total. The molecule has 3 aromatic rings. The van der Waals surface area contributed by atoms with E-state index in [-0.39, 0.29) is 5.56 Å². The Labute approximate surface area is 188 Å². The fraction of sp³-hybridized carbons (Fsp3) is 0.286. The molecule has 1 unspecified atom stereocenters. The fourth-order valence-corrected chi connectivity index (χ4v) is 4.44. The summed E-state index contributed by atoms with van der Waals surface area (Å²) in [6.07, 6.45) is 0.571. The van der Waals surface area contributed by atoms with E-state index in [1.807, 2.05) is 0 Å². The highest BCUT2D eigenvalue weighted by Gasteiger charge is 2.38. The quantitative estimate of drug-likeness (QED) is 0.551. The highest BCUT2D eigenvalue weighted by molar-refractivity contribution is 7.90. The molecule has 0 saturated carbocycles. The highest BCUT2D eigenvalue weighted by atomic mass is 32.2. The number of amides is 1. The van der Waals surface area contributed by atoms with Crippen LogP contribution in [0.15, 0.2) is 47.9 Å². The second-order valence-electron chi connectivity index (χ2n) is 8.11. The first-order chi connectivity index (χ1) is 15.4. The second-order valence-corrected chi connectivity index (χ2v) is 9.87. The van der Waals surface area contributed by atoms with Crippen LogP contribution in [0.5, 0.6) is 0 Å². The van der Waals surface area contributed by atoms with E-state index in [2.05, 4.69) is 15.3 Å². The molecule has 3 rings (SSSR count). The second kappa shape index (κ2) is 8.85. The Bertz CT molecular complexity index is 1290. The van der Waals surface area contributed by atoms with E-state index >= 15 is 4.39 Å². The molecule has 33 heavy (non-hydrogen) atoms. The predicted octanol–water partition coefficient (Wildman–Crippen LogP) is 4.04. The Hall–Kier alpha value is -3.41. The molecule has 0 saturated heterocycles. The van der Waals surface area contributed by atoms with Crippen molar-refractivity contribution in [3.05, 3.63) is 66.0 Å². The van der Waals surface area contributed by atoms with Crippen LogP contribution < -0.4 is 5.32 Å². The number of hydrogen-bond donors (Lipinski definition) is 1. The molecule has 0 fully saturated rings. The van der Waals surface area contributed by atoms with Crippen LogP contribution in [0.4, 0.5) is 18.0 Å². The third-order valence-electron chi connectivity index (χ3n) is 4.67. The molecule has 12 heteroatoms. The van der Waals surface area contributed by atoms with Gasteiger partial charge in [-0.3, -0.25) is 0 Å². The van der Waals surface area contributed by atoms with Crippen LogP contribution >= 0.6 is 0 Å². The third kappa shape index (κ3) is 4.70. The first-order valence-electron chi connectivity index (χ1n) is 9.65. The van der Waals surface area contributed by atoms with E-state index in [4.69, 9.17) is 4.74 Å². The molecule has 0 aliphatic heterocycles. The molecule has 3 aromatic heterocycles. The van der Waals surface area contributed by atoms with Crippen molar-refractivity contribution in [2.24, 2.45) is 5.41 Å². The topological polar surface area (TPSA) is 103 Å². The maximum Gasteiger partial charge on any atom is 0.407 e. The van der Waals surface area contributed by atoms with Gasteiger partial charge in [0.25, 0.3) is 10.0 Å². The zero-order chi connectivity index (χ0) is 24.6. The van der Waals surface area contributed by atoms with E-state index in [1.54, 1.807) is 20.8 Å². The van der Waals surface area contributed by atoms with E-state index in [1.165, 1.54) is 13.1 Å². The molecule has 176 valence electrons. The number of alkyl carbamates (subject to hydrolysis) is 1. The summed E-state index contributed by atoms with van der Waals surface area (Å²) in [5.41, 5.74) is -2.31. The predicted molar refractivity (Wildman–Crippen MR) is 112 cm³/mol. The molecule has 3 heterocycles. The zero-order valence-electron chi connectivity index (χ0n) is 18.1. The molecule has 0 aliphatic rings. The molecule has 8 nitrogen and oxygen atoms in total. The van der Waals surface area contributed by atoms with Gasteiger partial charge in [0.1, 0.15) is 17.6 Å². The molecule has 0 aliphatic carbocycles. The number of halogens is 3. The Morgan fingerprint density at radius 3 is 2.39 bits per heavy atom. The Kier molecular flexibility index (Phi) is 6.50. The van der Waals surface area contributed by atoms with Crippen molar-refractivity contribution in [1.82, 2.24) is 19.3 Å². The number of aromatic nitrogens is 3. The van der Waals surface area contributed by atoms with Gasteiger partial charge in [0.15, 0.2) is 10.8 Å². The lowest BCUT2D eigenvalue weighted by Gasteiger charge is -2.29. The molecule has 1 amide bonds. The molecular weight excluding hydrogens is 461 g/mol. The van der Waals surface area contributed by atoms with Crippen molar-refractivity contribution in [2.45, 2.75) is 31.9 Å². The van der Waals surface area contributed by atoms with Crippen LogP contribution in [0.25, 0.3) is 11.3 Å². The number of carbonyl (C=O) groups excluding carboxylic acids is 1. The Morgan fingerprint density at radius 2 is 1.85 bits per heavy atom. The lowest BCUT2D eigenvalue weighted by molar-refractivity contribution is 0.0294. The van der Waals surface area contributed by atoms with E-state index in [0.29, 0.717) is 10.2 Å². The SMILES string of the molecule is CNC(=O)OC(c1cn(S(=O)(=O)c2ccc(F)cn2)c(-c2cccnc2F)c1F)C(C)(C)C. The van der Waals surface area contributed by atoms with Gasteiger partial charge in [0, 0.05) is 30.4 Å². The summed E-state index contributed by atoms with van der Waals surface area (Å²) < 4.78 is 76.1. The van der Waals surface area contributed by atoms with Crippen molar-refractivity contribution in [3.63, 3.8) is 0 Å². The van der Waals surface area contributed by atoms with E-state index in [0.717, 1.165) is 30.6 Å². The number of nitrogens with one attached hydrogen (secondary N) is 1. The standard InChI is InChI=1S/C21H21F3N4O4S/c1-21(2,3)18(32-20(29)25-4)14-11-28(33(30,31)15-8-7-12(22)10-27-15)17(16(14)23)13-6-5-9-26-19(13)24/h5-11,18H,1-4H3,(H,25,29). The number of pyridine rings is 2. The van der Waals surface area contributed by atoms with Crippen LogP contribution in [-0.2, 0) is 14.8 Å². The maximum atomic E-state index is 15.8. The van der Waals surface area contributed by atoms with Crippen molar-refractivity contribution in [2.75, 3.05) is 7.05 Å². The average molecular weight is 482 g/mol. The molecular formula is C21H21F3N4O4S. The van der Waals surface area contributed by atoms with Crippen molar-refractivity contribution in [1.29, 1.82) is 0 Å². The lowest BCUT2D eigenvalue weighted by Crippen LogP contribution is -2.29. The smallest absolute Gasteiger partial charge is 0.407 e. The van der Waals surface area contributed by atoms with Gasteiger partial charge in [-0.1, -0.05) is 20.8 Å². The number of hydrogen-bond acceptors (Lipinski definition) is 6. The highest BCUT2D eigenvalue weighted by Crippen LogP contribution is 2.42. The van der Waals surface area contributed by atoms with Gasteiger partial charge in [-0.25, -0.2) is 27.5 Å². The average Bonchev–Trinajstić information content (AvgIpc) is 3.09. The van der Waals surface area contributed by atoms with Gasteiger partial charge in [-0.15, -0.1) is 0 Å². The van der Waals surface area contributed by atoms with E-state index in [9.17, 15) is 22.0 Å². The van der Waals surface area contributed by atoms with Gasteiger partial charge >= 0.3 is 6.09 Å². The molecule has 0 aromatic carbocycles. The number of rotatable bonds is 5. The molecule has 0 bridgehead atoms. The van der Waals surface area contributed by atoms with Crippen LogP contribution in [0.1, 0.15) is 32.4 Å². The van der Waals surface area contributed by atoms with Crippen LogP contribution in [0.2, 0.25) is 0 Å². The van der Waals surface area contributed by atoms with Gasteiger partial charge in [0.2, 0.25) is 5.95 Å². The van der Waals surface area contributed by atoms with Gasteiger partial charge in [-0.2, -0.15) is 12.8 Å². The fourth-order valence-electron chi connectivity index (χ4n) is 3.14. The summed E-state index contributed by atoms with van der Waals surface area (Å²) in [6.45, 7) is 4.95. The summed E-state index contributed by atoms with van der Waals surface area (Å²) in [5, 5.41) is 1.65. The summed E-state index contributed by atoms with van der Waals surface area (Å²) >= 11 is 0. The molecule has 0 spiro atoms. The third-order valence-corrected chi connectivity index (χ3v) is 6.25. The first kappa shape index (κ1) is 24.2. The van der Waals surface area contributed by atoms with Crippen molar-refractivity contribution >= 4 is 16.1 Å². The number of ether oxygens (including phenoxy) is 1. The monoisotopic (exact) mass is 482 g/mol. The van der Waals surface area contributed by atoms with Crippen molar-refractivity contribution in [3.8, 4) is 11.3 Å². The lowest BCUT2D eigenvalue weighted by atomic mass is 9.85. The summed E-state index contributed by atoms with van der Waals surface area (Å²) in [6, 6.07) is 4.23. The summed E-state index contributed by atoms with van der Waals surface area (Å²) in [4.78, 5) is 19.0. The van der Waals surface area contributed by atoms with Crippen LogP contribution in [0, 0.1) is 23.0 Å². The first-order valence-corrected chi connectivity index (χ1v) is 11.1. The van der Waals surface area contributed by atoms with E-state index < -0.39 is 61.5 Å². The number of carbonyl (C=O) groups is 1. The maximum absolute atomic E-state index is 15.8. The number of nitrogens with zero attached hydrogens (tertiary/aromatic N) is 3. The molecule has 0 radical (unpaired) electrons. The van der Waals surface area contributed by atoms with Gasteiger partial charge < -0.3 is 10.1 Å². The largest absolute Gasteiger partial charge is 0.441 e.